The normalized spacial score (nSPS) is 12.8. The van der Waals surface area contributed by atoms with Crippen LogP contribution in [-0.2, 0) is 22.4 Å². The molecular formula is C30H28N4O3. The topological polar surface area (TPSA) is 120 Å². The summed E-state index contributed by atoms with van der Waals surface area (Å²) in [4.78, 5) is 29.9. The molecule has 0 aliphatic rings. The second-order valence-corrected chi connectivity index (χ2v) is 9.12. The van der Waals surface area contributed by atoms with E-state index in [0.29, 0.717) is 5.69 Å². The van der Waals surface area contributed by atoms with E-state index in [1.807, 2.05) is 72.9 Å². The summed E-state index contributed by atoms with van der Waals surface area (Å²) < 4.78 is 0. The van der Waals surface area contributed by atoms with Crippen molar-refractivity contribution < 1.29 is 14.7 Å². The number of carbonyl (C=O) groups is 2. The number of aromatic amines is 1. The van der Waals surface area contributed by atoms with Crippen molar-refractivity contribution in [1.29, 1.82) is 0 Å². The third-order valence-electron chi connectivity index (χ3n) is 6.51. The van der Waals surface area contributed by atoms with Crippen LogP contribution < -0.4 is 16.4 Å². The summed E-state index contributed by atoms with van der Waals surface area (Å²) >= 11 is 0. The molecule has 0 bridgehead atoms. The molecule has 0 saturated carbocycles. The Kier molecular flexibility index (Phi) is 6.87. The van der Waals surface area contributed by atoms with Gasteiger partial charge in [-0.2, -0.15) is 0 Å². The highest BCUT2D eigenvalue weighted by atomic mass is 16.3. The Hall–Kier alpha value is -4.62. The maximum absolute atomic E-state index is 13.6. The number of nitrogens with one attached hydrogen (secondary N) is 3. The van der Waals surface area contributed by atoms with Gasteiger partial charge in [-0.3, -0.25) is 9.59 Å². The van der Waals surface area contributed by atoms with Gasteiger partial charge in [-0.1, -0.05) is 66.7 Å². The lowest BCUT2D eigenvalue weighted by molar-refractivity contribution is -0.127. The Bertz CT molecular complexity index is 1550. The number of rotatable bonds is 8. The number of nitrogens with two attached hydrogens (primary N) is 1. The highest BCUT2D eigenvalue weighted by Crippen LogP contribution is 2.24. The molecule has 5 aromatic rings. The number of fused-ring (bicyclic) bond motifs is 2. The zero-order valence-electron chi connectivity index (χ0n) is 20.1. The van der Waals surface area contributed by atoms with Crippen LogP contribution in [0.15, 0.2) is 97.2 Å². The summed E-state index contributed by atoms with van der Waals surface area (Å²) in [7, 11) is 0. The van der Waals surface area contributed by atoms with Gasteiger partial charge in [0.15, 0.2) is 0 Å². The lowest BCUT2D eigenvalue weighted by atomic mass is 10.0. The predicted octanol–water partition coefficient (Wildman–Crippen LogP) is 4.26. The van der Waals surface area contributed by atoms with Gasteiger partial charge in [-0.15, -0.1) is 0 Å². The Balaban J connectivity index is 1.39. The first-order valence-corrected chi connectivity index (χ1v) is 12.2. The van der Waals surface area contributed by atoms with Crippen molar-refractivity contribution in [1.82, 2.24) is 10.3 Å². The number of phenols is 1. The van der Waals surface area contributed by atoms with Gasteiger partial charge >= 0.3 is 0 Å². The van der Waals surface area contributed by atoms with Gasteiger partial charge in [-0.25, -0.2) is 0 Å². The van der Waals surface area contributed by atoms with Crippen molar-refractivity contribution in [3.63, 3.8) is 0 Å². The number of hydrogen-bond donors (Lipinski definition) is 5. The lowest BCUT2D eigenvalue weighted by Gasteiger charge is -2.21. The van der Waals surface area contributed by atoms with Gasteiger partial charge in [0.2, 0.25) is 11.8 Å². The number of H-pyrrole nitrogens is 1. The molecule has 1 aromatic heterocycles. The molecule has 0 radical (unpaired) electrons. The molecule has 0 spiro atoms. The van der Waals surface area contributed by atoms with Crippen molar-refractivity contribution in [2.75, 3.05) is 5.32 Å². The minimum absolute atomic E-state index is 0.144. The number of para-hydroxylation sites is 1. The molecule has 0 saturated heterocycles. The fourth-order valence-electron chi connectivity index (χ4n) is 4.54. The van der Waals surface area contributed by atoms with E-state index >= 15 is 0 Å². The van der Waals surface area contributed by atoms with Crippen LogP contribution in [0.3, 0.4) is 0 Å². The highest BCUT2D eigenvalue weighted by molar-refractivity contribution is 6.05. The van der Waals surface area contributed by atoms with Crippen LogP contribution in [0, 0.1) is 0 Å². The molecule has 7 heteroatoms. The molecule has 0 aliphatic carbocycles. The number of carbonyl (C=O) groups excluding carboxylic acids is 2. The molecule has 4 aromatic carbocycles. The molecule has 1 heterocycles. The van der Waals surface area contributed by atoms with Gasteiger partial charge in [0, 0.05) is 34.6 Å². The average Bonchev–Trinajstić information content (AvgIpc) is 3.32. The van der Waals surface area contributed by atoms with Crippen molar-refractivity contribution >= 4 is 39.2 Å². The number of amides is 2. The van der Waals surface area contributed by atoms with Crippen LogP contribution in [0.2, 0.25) is 0 Å². The standard InChI is InChI=1S/C30H28N4O3/c31-25(16-19-12-14-22(35)15-13-19)29(36)34-28(17-21-18-32-26-10-4-3-9-24(21)26)30(37)33-27-11-5-7-20-6-1-2-8-23(20)27/h1-15,18,25,28,32,35H,16-17,31H2,(H,33,37)(H,34,36)/t25-,28+/m0/s1. The maximum Gasteiger partial charge on any atom is 0.247 e. The van der Waals surface area contributed by atoms with Crippen LogP contribution in [0.1, 0.15) is 11.1 Å². The fraction of sp³-hybridized carbons (Fsp3) is 0.133. The summed E-state index contributed by atoms with van der Waals surface area (Å²) in [5.74, 6) is -0.608. The molecule has 7 nitrogen and oxygen atoms in total. The molecule has 0 fully saturated rings. The molecule has 6 N–H and O–H groups in total. The Morgan fingerprint density at radius 1 is 0.811 bits per heavy atom. The number of phenolic OH excluding ortho intramolecular Hbond substituents is 1. The van der Waals surface area contributed by atoms with Crippen LogP contribution in [0.25, 0.3) is 21.7 Å². The SMILES string of the molecule is N[C@@H](Cc1ccc(O)cc1)C(=O)N[C@H](Cc1c[nH]c2ccccc12)C(=O)Nc1cccc2ccccc12. The van der Waals surface area contributed by atoms with Gasteiger partial charge in [0.25, 0.3) is 0 Å². The van der Waals surface area contributed by atoms with Gasteiger partial charge in [0.05, 0.1) is 6.04 Å². The van der Waals surface area contributed by atoms with E-state index in [1.54, 1.807) is 24.3 Å². The molecule has 37 heavy (non-hydrogen) atoms. The fourth-order valence-corrected chi connectivity index (χ4v) is 4.54. The summed E-state index contributed by atoms with van der Waals surface area (Å²) in [6.45, 7) is 0. The van der Waals surface area contributed by atoms with E-state index in [-0.39, 0.29) is 24.5 Å². The average molecular weight is 493 g/mol. The molecule has 5 rings (SSSR count). The summed E-state index contributed by atoms with van der Waals surface area (Å²) in [6, 6.07) is 26.2. The zero-order chi connectivity index (χ0) is 25.8. The number of benzene rings is 4. The summed E-state index contributed by atoms with van der Waals surface area (Å²) in [6.07, 6.45) is 2.43. The summed E-state index contributed by atoms with van der Waals surface area (Å²) in [5.41, 5.74) is 9.58. The van der Waals surface area contributed by atoms with Crippen molar-refractivity contribution in [3.05, 3.63) is 108 Å². The van der Waals surface area contributed by atoms with E-state index < -0.39 is 18.0 Å². The highest BCUT2D eigenvalue weighted by Gasteiger charge is 2.26. The van der Waals surface area contributed by atoms with E-state index in [4.69, 9.17) is 5.73 Å². The molecule has 0 aliphatic heterocycles. The minimum Gasteiger partial charge on any atom is -0.508 e. The van der Waals surface area contributed by atoms with Crippen LogP contribution >= 0.6 is 0 Å². The molecular weight excluding hydrogens is 464 g/mol. The van der Waals surface area contributed by atoms with Gasteiger partial charge in [0.1, 0.15) is 11.8 Å². The maximum atomic E-state index is 13.6. The first-order chi connectivity index (χ1) is 18.0. The first kappa shape index (κ1) is 24.1. The number of aromatic hydroxyl groups is 1. The Labute approximate surface area is 214 Å². The Morgan fingerprint density at radius 3 is 2.32 bits per heavy atom. The lowest BCUT2D eigenvalue weighted by Crippen LogP contribution is -2.51. The largest absolute Gasteiger partial charge is 0.508 e. The first-order valence-electron chi connectivity index (χ1n) is 12.2. The predicted molar refractivity (Wildman–Crippen MR) is 146 cm³/mol. The summed E-state index contributed by atoms with van der Waals surface area (Å²) in [5, 5.41) is 18.3. The van der Waals surface area contributed by atoms with Crippen molar-refractivity contribution in [2.45, 2.75) is 24.9 Å². The third kappa shape index (κ3) is 5.47. The van der Waals surface area contributed by atoms with Crippen LogP contribution in [0.5, 0.6) is 5.75 Å². The second-order valence-electron chi connectivity index (χ2n) is 9.12. The van der Waals surface area contributed by atoms with Gasteiger partial charge in [-0.05, 0) is 47.2 Å². The second kappa shape index (κ2) is 10.6. The number of anilines is 1. The number of aromatic nitrogens is 1. The van der Waals surface area contributed by atoms with Gasteiger partial charge < -0.3 is 26.5 Å². The van der Waals surface area contributed by atoms with Crippen molar-refractivity contribution in [3.8, 4) is 5.75 Å². The monoisotopic (exact) mass is 492 g/mol. The molecule has 2 atom stereocenters. The van der Waals surface area contributed by atoms with E-state index in [9.17, 15) is 14.7 Å². The van der Waals surface area contributed by atoms with E-state index in [0.717, 1.165) is 32.8 Å². The minimum atomic E-state index is -0.861. The molecule has 0 unspecified atom stereocenters. The van der Waals surface area contributed by atoms with E-state index in [1.165, 1.54) is 0 Å². The molecule has 2 amide bonds. The Morgan fingerprint density at radius 2 is 1.51 bits per heavy atom. The smallest absolute Gasteiger partial charge is 0.247 e. The van der Waals surface area contributed by atoms with Crippen LogP contribution in [0.4, 0.5) is 5.69 Å². The van der Waals surface area contributed by atoms with E-state index in [2.05, 4.69) is 15.6 Å². The molecule has 186 valence electrons. The quantitative estimate of drug-likeness (QED) is 0.222. The van der Waals surface area contributed by atoms with Crippen LogP contribution in [-0.4, -0.2) is 34.0 Å². The zero-order valence-corrected chi connectivity index (χ0v) is 20.1. The van der Waals surface area contributed by atoms with Crippen molar-refractivity contribution in [2.24, 2.45) is 5.73 Å². The number of hydrogen-bond acceptors (Lipinski definition) is 4. The third-order valence-corrected chi connectivity index (χ3v) is 6.51.